The summed E-state index contributed by atoms with van der Waals surface area (Å²) in [5.74, 6) is 4.08. The van der Waals surface area contributed by atoms with Crippen molar-refractivity contribution in [1.29, 1.82) is 0 Å². The van der Waals surface area contributed by atoms with Crippen LogP contribution in [0.3, 0.4) is 0 Å². The van der Waals surface area contributed by atoms with Crippen LogP contribution in [-0.4, -0.2) is 26.2 Å². The van der Waals surface area contributed by atoms with Crippen molar-refractivity contribution >= 4 is 44.6 Å². The number of anilines is 1. The molecule has 0 unspecified atom stereocenters. The van der Waals surface area contributed by atoms with E-state index in [2.05, 4.69) is 26.5 Å². The Labute approximate surface area is 191 Å². The van der Waals surface area contributed by atoms with E-state index in [1.165, 1.54) is 18.2 Å². The number of alkyl halides is 3. The summed E-state index contributed by atoms with van der Waals surface area (Å²) in [6, 6.07) is 12.0. The molecular formula is C20H17F3N4O4S2. The quantitative estimate of drug-likeness (QED) is 0.0911. The summed E-state index contributed by atoms with van der Waals surface area (Å²) >= 11 is 0.926. The number of phenols is 1. The zero-order valence-corrected chi connectivity index (χ0v) is 18.3. The summed E-state index contributed by atoms with van der Waals surface area (Å²) in [6.07, 6.45) is -3.92. The largest absolute Gasteiger partial charge is 0.573 e. The lowest BCUT2D eigenvalue weighted by molar-refractivity contribution is -0.275. The fourth-order valence-electron chi connectivity index (χ4n) is 2.84. The normalized spacial score (nSPS) is 12.1. The van der Waals surface area contributed by atoms with Crippen molar-refractivity contribution in [3.63, 3.8) is 0 Å². The molecule has 0 saturated carbocycles. The lowest BCUT2D eigenvalue weighted by Crippen LogP contribution is -2.21. The van der Waals surface area contributed by atoms with E-state index < -0.39 is 27.0 Å². The number of benzene rings is 3. The van der Waals surface area contributed by atoms with Gasteiger partial charge in [-0.15, -0.1) is 13.2 Å². The Kier molecular flexibility index (Phi) is 7.05. The van der Waals surface area contributed by atoms with Crippen LogP contribution in [0, 0.1) is 0 Å². The van der Waals surface area contributed by atoms with E-state index in [0.29, 0.717) is 10.8 Å². The van der Waals surface area contributed by atoms with E-state index in [9.17, 15) is 26.7 Å². The number of aliphatic imine (C=N–C) groups is 1. The van der Waals surface area contributed by atoms with Crippen LogP contribution in [-0.2, 0) is 10.0 Å². The maximum atomic E-state index is 13.0. The number of nitrogens with two attached hydrogens (primary N) is 1. The highest BCUT2D eigenvalue weighted by atomic mass is 32.2. The number of nitrogens with one attached hydrogen (secondary N) is 2. The first-order chi connectivity index (χ1) is 15.5. The van der Waals surface area contributed by atoms with Gasteiger partial charge in [-0.25, -0.2) is 19.3 Å². The highest BCUT2D eigenvalue weighted by Crippen LogP contribution is 2.43. The zero-order chi connectivity index (χ0) is 24.2. The Morgan fingerprint density at radius 2 is 1.79 bits per heavy atom. The topological polar surface area (TPSA) is 126 Å². The van der Waals surface area contributed by atoms with Gasteiger partial charge in [0.25, 0.3) is 10.0 Å². The summed E-state index contributed by atoms with van der Waals surface area (Å²) in [5.41, 5.74) is 2.21. The van der Waals surface area contributed by atoms with Gasteiger partial charge in [0.05, 0.1) is 15.6 Å². The van der Waals surface area contributed by atoms with Crippen molar-refractivity contribution in [1.82, 2.24) is 5.43 Å². The molecule has 0 atom stereocenters. The monoisotopic (exact) mass is 498 g/mol. The smallest absolute Gasteiger partial charge is 0.506 e. The fourth-order valence-corrected chi connectivity index (χ4v) is 4.78. The van der Waals surface area contributed by atoms with Gasteiger partial charge in [0.2, 0.25) is 0 Å². The first-order valence-corrected chi connectivity index (χ1v) is 11.3. The van der Waals surface area contributed by atoms with Crippen LogP contribution in [0.25, 0.3) is 10.8 Å². The molecule has 8 nitrogen and oxygen atoms in total. The molecule has 5 N–H and O–H groups in total. The highest BCUT2D eigenvalue weighted by Gasteiger charge is 2.34. The van der Waals surface area contributed by atoms with E-state index in [-0.39, 0.29) is 21.4 Å². The zero-order valence-electron chi connectivity index (χ0n) is 16.6. The third-order valence-corrected chi connectivity index (χ3v) is 6.38. The van der Waals surface area contributed by atoms with Crippen LogP contribution in [0.4, 0.5) is 18.9 Å². The van der Waals surface area contributed by atoms with Gasteiger partial charge in [0.15, 0.2) is 0 Å². The maximum absolute atomic E-state index is 13.0. The van der Waals surface area contributed by atoms with Crippen LogP contribution in [0.15, 0.2) is 81.0 Å². The van der Waals surface area contributed by atoms with Crippen LogP contribution < -0.4 is 20.7 Å². The number of phenolic OH excluding ortho intramolecular Hbond substituents is 1. The second-order valence-corrected chi connectivity index (χ2v) is 9.10. The molecule has 0 aliphatic heterocycles. The Morgan fingerprint density at radius 3 is 2.45 bits per heavy atom. The minimum Gasteiger partial charge on any atom is -0.506 e. The third kappa shape index (κ3) is 5.88. The predicted octanol–water partition coefficient (Wildman–Crippen LogP) is 4.30. The van der Waals surface area contributed by atoms with Gasteiger partial charge in [0.1, 0.15) is 22.7 Å². The van der Waals surface area contributed by atoms with Crippen molar-refractivity contribution in [2.75, 3.05) is 4.72 Å². The molecule has 0 fully saturated rings. The summed E-state index contributed by atoms with van der Waals surface area (Å²) in [6.45, 7) is 3.70. The van der Waals surface area contributed by atoms with E-state index >= 15 is 0 Å². The molecule has 0 aromatic heterocycles. The second kappa shape index (κ2) is 9.60. The molecule has 0 amide bonds. The van der Waals surface area contributed by atoms with Gasteiger partial charge in [-0.05, 0) is 18.2 Å². The predicted molar refractivity (Wildman–Crippen MR) is 120 cm³/mol. The summed E-state index contributed by atoms with van der Waals surface area (Å²) in [5, 5.41) is 11.5. The minimum absolute atomic E-state index is 0.0152. The molecule has 0 bridgehead atoms. The van der Waals surface area contributed by atoms with Gasteiger partial charge in [0, 0.05) is 10.8 Å². The number of rotatable bonds is 8. The number of sulfonamides is 1. The Bertz CT molecular complexity index is 1330. The summed E-state index contributed by atoms with van der Waals surface area (Å²) in [4.78, 5) is 3.38. The lowest BCUT2D eigenvalue weighted by Gasteiger charge is -2.17. The summed E-state index contributed by atoms with van der Waals surface area (Å²) < 4.78 is 70.5. The number of hydrazine groups is 1. The number of hydrogen-bond acceptors (Lipinski definition) is 7. The molecule has 3 rings (SSSR count). The van der Waals surface area contributed by atoms with E-state index in [1.54, 1.807) is 24.3 Å². The molecule has 0 aliphatic carbocycles. The Hall–Kier alpha value is -3.42. The first-order valence-electron chi connectivity index (χ1n) is 8.99. The van der Waals surface area contributed by atoms with Gasteiger partial charge in [-0.1, -0.05) is 54.7 Å². The Balaban J connectivity index is 2.08. The minimum atomic E-state index is -5.08. The van der Waals surface area contributed by atoms with Crippen LogP contribution in [0.1, 0.15) is 0 Å². The number of aromatic hydroxyl groups is 1. The molecule has 174 valence electrons. The van der Waals surface area contributed by atoms with Gasteiger partial charge >= 0.3 is 6.36 Å². The van der Waals surface area contributed by atoms with Crippen LogP contribution in [0.5, 0.6) is 11.5 Å². The van der Waals surface area contributed by atoms with Crippen molar-refractivity contribution in [2.45, 2.75) is 16.2 Å². The first kappa shape index (κ1) is 24.2. The Morgan fingerprint density at radius 1 is 1.15 bits per heavy atom. The molecule has 0 radical (unpaired) electrons. The SMILES string of the molecule is C=C(N=CNN)Sc1cc(NS(=O)(=O)c2ccccc2OC(F)(F)F)c2ccccc2c1O. The van der Waals surface area contributed by atoms with Crippen LogP contribution in [0.2, 0.25) is 0 Å². The number of hydrogen-bond donors (Lipinski definition) is 4. The van der Waals surface area contributed by atoms with Gasteiger partial charge in [-0.3, -0.25) is 4.72 Å². The fraction of sp³-hybridized carbons (Fsp3) is 0.0500. The average Bonchev–Trinajstić information content (AvgIpc) is 2.74. The third-order valence-electron chi connectivity index (χ3n) is 4.10. The highest BCUT2D eigenvalue weighted by molar-refractivity contribution is 8.03. The van der Waals surface area contributed by atoms with Gasteiger partial charge < -0.3 is 15.3 Å². The molecule has 3 aromatic carbocycles. The standard InChI is InChI=1S/C20H17F3N4O4S2/c1-12(25-11-26-24)32-17-10-15(13-6-2-3-7-14(13)19(17)28)27-33(29,30)18-9-5-4-8-16(18)31-20(21,22)23/h2-11,27-28H,1,24H2,(H,25,26). The number of halogens is 3. The number of thioether (sulfide) groups is 1. The number of nitrogens with zero attached hydrogens (tertiary/aromatic N) is 1. The number of fused-ring (bicyclic) bond motifs is 1. The molecule has 0 saturated heterocycles. The molecule has 33 heavy (non-hydrogen) atoms. The van der Waals surface area contributed by atoms with Crippen molar-refractivity contribution in [2.24, 2.45) is 10.8 Å². The molecule has 13 heteroatoms. The molecule has 0 heterocycles. The van der Waals surface area contributed by atoms with E-state index in [1.807, 2.05) is 0 Å². The molecular weight excluding hydrogens is 481 g/mol. The summed E-state index contributed by atoms with van der Waals surface area (Å²) in [7, 11) is -4.52. The van der Waals surface area contributed by atoms with Crippen molar-refractivity contribution in [3.05, 3.63) is 66.2 Å². The van der Waals surface area contributed by atoms with Crippen molar-refractivity contribution in [3.8, 4) is 11.5 Å². The number of ether oxygens (including phenoxy) is 1. The lowest BCUT2D eigenvalue weighted by atomic mass is 10.1. The van der Waals surface area contributed by atoms with Crippen molar-refractivity contribution < 1.29 is 31.4 Å². The van der Waals surface area contributed by atoms with Crippen LogP contribution >= 0.6 is 11.8 Å². The van der Waals surface area contributed by atoms with Gasteiger partial charge in [-0.2, -0.15) is 0 Å². The average molecular weight is 499 g/mol. The maximum Gasteiger partial charge on any atom is 0.573 e. The van der Waals surface area contributed by atoms with E-state index in [0.717, 1.165) is 30.2 Å². The second-order valence-electron chi connectivity index (χ2n) is 6.34. The van der Waals surface area contributed by atoms with E-state index in [4.69, 9.17) is 5.84 Å². The number of para-hydroxylation sites is 1. The molecule has 3 aromatic rings. The molecule has 0 aliphatic rings. The molecule has 0 spiro atoms.